The molecule has 2 aromatic carbocycles. The van der Waals surface area contributed by atoms with Gasteiger partial charge in [0.2, 0.25) is 11.8 Å². The summed E-state index contributed by atoms with van der Waals surface area (Å²) in [7, 11) is 0. The molecule has 0 saturated heterocycles. The van der Waals surface area contributed by atoms with Crippen LogP contribution in [0.1, 0.15) is 11.3 Å². The third-order valence-electron chi connectivity index (χ3n) is 5.92. The van der Waals surface area contributed by atoms with Crippen molar-refractivity contribution in [2.24, 2.45) is 0 Å². The fourth-order valence-electron chi connectivity index (χ4n) is 4.01. The zero-order chi connectivity index (χ0) is 25.2. The molecule has 9 nitrogen and oxygen atoms in total. The quantitative estimate of drug-likeness (QED) is 0.309. The van der Waals surface area contributed by atoms with Crippen molar-refractivity contribution < 1.29 is 9.53 Å². The molecular weight excluding hydrogens is 486 g/mol. The number of fused-ring (bicyclic) bond motifs is 2. The molecule has 6 rings (SSSR count). The normalized spacial score (nSPS) is 11.3. The summed E-state index contributed by atoms with van der Waals surface area (Å²) in [5.41, 5.74) is 5.61. The number of thiazole rings is 1. The lowest BCUT2D eigenvalue weighted by molar-refractivity contribution is -0.120. The minimum absolute atomic E-state index is 0.0810. The van der Waals surface area contributed by atoms with Crippen molar-refractivity contribution in [2.75, 3.05) is 13.2 Å². The number of benzene rings is 2. The van der Waals surface area contributed by atoms with Crippen LogP contribution in [0.5, 0.6) is 5.88 Å². The van der Waals surface area contributed by atoms with Crippen molar-refractivity contribution in [1.82, 2.24) is 34.5 Å². The van der Waals surface area contributed by atoms with Gasteiger partial charge in [0.25, 0.3) is 0 Å². The highest BCUT2D eigenvalue weighted by Gasteiger charge is 2.13. The van der Waals surface area contributed by atoms with E-state index in [1.165, 1.54) is 16.9 Å². The molecule has 0 spiro atoms. The Morgan fingerprint density at radius 3 is 2.68 bits per heavy atom. The largest absolute Gasteiger partial charge is 0.475 e. The van der Waals surface area contributed by atoms with Gasteiger partial charge in [-0.2, -0.15) is 4.52 Å². The number of ether oxygens (including phenoxy) is 1. The van der Waals surface area contributed by atoms with E-state index in [1.54, 1.807) is 16.6 Å². The van der Waals surface area contributed by atoms with Gasteiger partial charge < -0.3 is 10.1 Å². The summed E-state index contributed by atoms with van der Waals surface area (Å²) in [6.07, 6.45) is 2.24. The predicted molar refractivity (Wildman–Crippen MR) is 142 cm³/mol. The number of hydrogen-bond donors (Lipinski definition) is 1. The van der Waals surface area contributed by atoms with Gasteiger partial charge in [0.05, 0.1) is 18.7 Å². The number of amides is 1. The average molecular weight is 510 g/mol. The van der Waals surface area contributed by atoms with Crippen molar-refractivity contribution in [3.63, 3.8) is 0 Å². The first-order valence-corrected chi connectivity index (χ1v) is 12.7. The summed E-state index contributed by atoms with van der Waals surface area (Å²) >= 11 is 1.53. The maximum atomic E-state index is 12.6. The molecule has 1 amide bonds. The van der Waals surface area contributed by atoms with E-state index in [0.29, 0.717) is 23.9 Å². The second kappa shape index (κ2) is 9.82. The summed E-state index contributed by atoms with van der Waals surface area (Å²) in [6, 6.07) is 21.5. The Morgan fingerprint density at radius 2 is 1.84 bits per heavy atom. The molecule has 0 bridgehead atoms. The first kappa shape index (κ1) is 22.9. The number of rotatable bonds is 8. The Kier molecular flexibility index (Phi) is 6.07. The molecule has 4 aromatic heterocycles. The maximum absolute atomic E-state index is 12.6. The molecule has 37 heavy (non-hydrogen) atoms. The number of aryl methyl sites for hydroxylation is 1. The highest BCUT2D eigenvalue weighted by atomic mass is 32.1. The van der Waals surface area contributed by atoms with Crippen LogP contribution in [0, 0.1) is 6.92 Å². The van der Waals surface area contributed by atoms with Gasteiger partial charge >= 0.3 is 0 Å². The van der Waals surface area contributed by atoms with Gasteiger partial charge in [0.15, 0.2) is 16.4 Å². The van der Waals surface area contributed by atoms with Crippen LogP contribution in [-0.2, 0) is 11.2 Å². The Hall–Kier alpha value is -4.57. The Labute approximate surface area is 216 Å². The van der Waals surface area contributed by atoms with E-state index in [0.717, 1.165) is 27.5 Å². The summed E-state index contributed by atoms with van der Waals surface area (Å²) in [6.45, 7) is 2.71. The van der Waals surface area contributed by atoms with Crippen molar-refractivity contribution in [1.29, 1.82) is 0 Å². The lowest BCUT2D eigenvalue weighted by Crippen LogP contribution is -2.29. The number of imidazole rings is 1. The molecule has 0 fully saturated rings. The van der Waals surface area contributed by atoms with E-state index in [9.17, 15) is 4.79 Å². The number of nitrogens with one attached hydrogen (secondary N) is 1. The van der Waals surface area contributed by atoms with Gasteiger partial charge in [-0.3, -0.25) is 9.20 Å². The molecule has 1 N–H and O–H groups in total. The number of carbonyl (C=O) groups excluding carboxylic acids is 1. The van der Waals surface area contributed by atoms with Crippen molar-refractivity contribution in [3.05, 3.63) is 89.6 Å². The van der Waals surface area contributed by atoms with Crippen molar-refractivity contribution in [2.45, 2.75) is 13.3 Å². The second-order valence-corrected chi connectivity index (χ2v) is 9.41. The first-order chi connectivity index (χ1) is 18.1. The smallest absolute Gasteiger partial charge is 0.231 e. The SMILES string of the molecule is Cc1ccc(-c2cn3c(CC(=O)NCCOc4ccc5nnc(-c6ccccc6)n5n4)csc3n2)cc1. The van der Waals surface area contributed by atoms with E-state index >= 15 is 0 Å². The summed E-state index contributed by atoms with van der Waals surface area (Å²) < 4.78 is 9.41. The Balaban J connectivity index is 1.05. The third kappa shape index (κ3) is 4.78. The van der Waals surface area contributed by atoms with Crippen LogP contribution in [0.3, 0.4) is 0 Å². The Morgan fingerprint density at radius 1 is 1.00 bits per heavy atom. The fourth-order valence-corrected chi connectivity index (χ4v) is 4.88. The zero-order valence-electron chi connectivity index (χ0n) is 20.0. The molecule has 184 valence electrons. The second-order valence-electron chi connectivity index (χ2n) is 8.58. The summed E-state index contributed by atoms with van der Waals surface area (Å²) in [5.74, 6) is 0.990. The molecule has 10 heteroatoms. The average Bonchev–Trinajstić information content (AvgIpc) is 3.63. The fraction of sp³-hybridized carbons (Fsp3) is 0.148. The molecule has 0 aliphatic heterocycles. The standard InChI is InChI=1S/C27H23N7O2S/c1-18-7-9-19(10-8-18)22-16-33-21(17-37-27(33)29-22)15-24(35)28-13-14-36-25-12-11-23-30-31-26(34(23)32-25)20-5-3-2-4-6-20/h2-12,16-17H,13-15H2,1H3,(H,28,35). The van der Waals surface area contributed by atoms with Gasteiger partial charge in [-0.05, 0) is 13.0 Å². The number of nitrogens with zero attached hydrogens (tertiary/aromatic N) is 6. The van der Waals surface area contributed by atoms with E-state index < -0.39 is 0 Å². The van der Waals surface area contributed by atoms with Crippen LogP contribution in [0.15, 0.2) is 78.3 Å². The van der Waals surface area contributed by atoms with E-state index in [2.05, 4.69) is 51.8 Å². The van der Waals surface area contributed by atoms with Crippen molar-refractivity contribution in [3.8, 4) is 28.5 Å². The molecular formula is C27H23N7O2S. The van der Waals surface area contributed by atoms with Gasteiger partial charge in [-0.1, -0.05) is 60.2 Å². The van der Waals surface area contributed by atoms with Crippen LogP contribution in [0.2, 0.25) is 0 Å². The number of aromatic nitrogens is 6. The van der Waals surface area contributed by atoms with Gasteiger partial charge in [-0.15, -0.1) is 26.6 Å². The van der Waals surface area contributed by atoms with Crippen molar-refractivity contribution >= 4 is 27.9 Å². The number of hydrogen-bond acceptors (Lipinski definition) is 7. The maximum Gasteiger partial charge on any atom is 0.231 e. The zero-order valence-corrected chi connectivity index (χ0v) is 20.9. The lowest BCUT2D eigenvalue weighted by atomic mass is 10.1. The third-order valence-corrected chi connectivity index (χ3v) is 6.81. The number of carbonyl (C=O) groups is 1. The van der Waals surface area contributed by atoms with E-state index in [4.69, 9.17) is 9.72 Å². The minimum atomic E-state index is -0.0810. The molecule has 0 aliphatic rings. The highest BCUT2D eigenvalue weighted by Crippen LogP contribution is 2.24. The topological polar surface area (TPSA) is 98.7 Å². The van der Waals surface area contributed by atoms with E-state index in [-0.39, 0.29) is 18.9 Å². The van der Waals surface area contributed by atoms with Gasteiger partial charge in [-0.25, -0.2) is 4.98 Å². The molecule has 0 saturated carbocycles. The molecule has 0 radical (unpaired) electrons. The molecule has 4 heterocycles. The van der Waals surface area contributed by atoms with Gasteiger partial charge in [0.1, 0.15) is 6.61 Å². The monoisotopic (exact) mass is 509 g/mol. The highest BCUT2D eigenvalue weighted by molar-refractivity contribution is 7.15. The first-order valence-electron chi connectivity index (χ1n) is 11.8. The summed E-state index contributed by atoms with van der Waals surface area (Å²) in [5, 5.41) is 17.8. The molecule has 0 unspecified atom stereocenters. The molecule has 6 aromatic rings. The molecule has 0 aliphatic carbocycles. The van der Waals surface area contributed by atoms with E-state index in [1.807, 2.05) is 46.3 Å². The van der Waals surface area contributed by atoms with Crippen LogP contribution in [0.25, 0.3) is 33.3 Å². The predicted octanol–water partition coefficient (Wildman–Crippen LogP) is 4.21. The summed E-state index contributed by atoms with van der Waals surface area (Å²) in [4.78, 5) is 18.2. The Bertz CT molecular complexity index is 1690. The minimum Gasteiger partial charge on any atom is -0.475 e. The van der Waals surface area contributed by atoms with Crippen LogP contribution in [-0.4, -0.2) is 48.3 Å². The lowest BCUT2D eigenvalue weighted by Gasteiger charge is -2.07. The van der Waals surface area contributed by atoms with Crippen LogP contribution >= 0.6 is 11.3 Å². The molecule has 0 atom stereocenters. The van der Waals surface area contributed by atoms with Crippen LogP contribution in [0.4, 0.5) is 0 Å². The van der Waals surface area contributed by atoms with Crippen LogP contribution < -0.4 is 10.1 Å². The van der Waals surface area contributed by atoms with Gasteiger partial charge in [0, 0.05) is 34.5 Å².